The van der Waals surface area contributed by atoms with E-state index in [9.17, 15) is 0 Å². The van der Waals surface area contributed by atoms with Gasteiger partial charge in [-0.15, -0.1) is 0 Å². The molecule has 0 aromatic carbocycles. The molecule has 0 aliphatic heterocycles. The molecule has 4 N–H and O–H groups in total. The number of nitrogens with two attached hydrogens (primary N) is 1. The zero-order chi connectivity index (χ0) is 12.4. The summed E-state index contributed by atoms with van der Waals surface area (Å²) in [7, 11) is 0. The van der Waals surface area contributed by atoms with Gasteiger partial charge in [0, 0.05) is 6.20 Å². The minimum absolute atomic E-state index is 0.358. The summed E-state index contributed by atoms with van der Waals surface area (Å²) in [5.74, 6) is 0.705. The average molecular weight is 259 g/mol. The van der Waals surface area contributed by atoms with Crippen LogP contribution in [0.15, 0.2) is 24.4 Å². The molecule has 0 saturated carbocycles. The van der Waals surface area contributed by atoms with Crippen LogP contribution in [0, 0.1) is 0 Å². The molecule has 0 fully saturated rings. The summed E-state index contributed by atoms with van der Waals surface area (Å²) in [6.07, 6.45) is 1.69. The zero-order valence-corrected chi connectivity index (χ0v) is 10.3. The molecule has 1 heterocycles. The SMILES string of the molecule is CCOC(=S)Nc1ccccn1.NC(O)=S. The first-order chi connectivity index (χ1) is 7.56. The molecule has 1 aromatic heterocycles. The van der Waals surface area contributed by atoms with Gasteiger partial charge in [-0.25, -0.2) is 4.98 Å². The van der Waals surface area contributed by atoms with Gasteiger partial charge >= 0.3 is 0 Å². The Bertz CT molecular complexity index is 329. The molecule has 1 rings (SSSR count). The summed E-state index contributed by atoms with van der Waals surface area (Å²) >= 11 is 8.73. The van der Waals surface area contributed by atoms with Crippen molar-refractivity contribution in [1.82, 2.24) is 4.98 Å². The topological polar surface area (TPSA) is 80.4 Å². The number of rotatable bonds is 2. The molecule has 7 heteroatoms. The Morgan fingerprint density at radius 3 is 2.62 bits per heavy atom. The fraction of sp³-hybridized carbons (Fsp3) is 0.222. The summed E-state index contributed by atoms with van der Waals surface area (Å²) in [6.45, 7) is 2.45. The molecule has 0 atom stereocenters. The second-order valence-corrected chi connectivity index (χ2v) is 3.19. The molecule has 0 spiro atoms. The van der Waals surface area contributed by atoms with Crippen LogP contribution in [0.4, 0.5) is 5.82 Å². The first kappa shape index (κ1) is 14.5. The maximum atomic E-state index is 7.56. The lowest BCUT2D eigenvalue weighted by molar-refractivity contribution is 0.335. The lowest BCUT2D eigenvalue weighted by atomic mass is 10.5. The van der Waals surface area contributed by atoms with E-state index in [1.54, 1.807) is 6.20 Å². The van der Waals surface area contributed by atoms with Crippen LogP contribution >= 0.6 is 24.4 Å². The maximum absolute atomic E-state index is 7.56. The number of anilines is 1. The standard InChI is InChI=1S/C8H10N2OS.CH3NOS/c1-2-11-8(12)10-7-5-3-4-6-9-7;2-1(3)4/h3-6H,2H2,1H3,(H,9,10,12);(H3,2,3,4). The summed E-state index contributed by atoms with van der Waals surface area (Å²) in [6, 6.07) is 5.55. The molecule has 5 nitrogen and oxygen atoms in total. The maximum Gasteiger partial charge on any atom is 0.262 e. The highest BCUT2D eigenvalue weighted by atomic mass is 32.1. The predicted octanol–water partition coefficient (Wildman–Crippen LogP) is 1.60. The van der Waals surface area contributed by atoms with Gasteiger partial charge in [0.2, 0.25) is 0 Å². The van der Waals surface area contributed by atoms with Crippen LogP contribution in [0.1, 0.15) is 6.92 Å². The second kappa shape index (κ2) is 8.81. The first-order valence-corrected chi connectivity index (χ1v) is 5.21. The van der Waals surface area contributed by atoms with E-state index in [2.05, 4.69) is 28.3 Å². The molecule has 0 amide bonds. The van der Waals surface area contributed by atoms with Crippen LogP contribution in [0.3, 0.4) is 0 Å². The molecule has 1 aromatic rings. The number of aromatic nitrogens is 1. The Hall–Kier alpha value is -1.47. The van der Waals surface area contributed by atoms with Crippen molar-refractivity contribution < 1.29 is 9.84 Å². The van der Waals surface area contributed by atoms with E-state index in [1.165, 1.54) is 0 Å². The van der Waals surface area contributed by atoms with E-state index in [4.69, 9.17) is 22.1 Å². The van der Waals surface area contributed by atoms with Crippen molar-refractivity contribution in [1.29, 1.82) is 0 Å². The number of nitrogens with zero attached hydrogens (tertiary/aromatic N) is 1. The molecule has 0 unspecified atom stereocenters. The van der Waals surface area contributed by atoms with Crippen molar-refractivity contribution in [2.75, 3.05) is 11.9 Å². The highest BCUT2D eigenvalue weighted by Gasteiger charge is 1.95. The third-order valence-corrected chi connectivity index (χ3v) is 1.39. The molecular weight excluding hydrogens is 246 g/mol. The average Bonchev–Trinajstić information content (AvgIpc) is 2.18. The van der Waals surface area contributed by atoms with Crippen LogP contribution in [-0.4, -0.2) is 27.0 Å². The summed E-state index contributed by atoms with van der Waals surface area (Å²) in [5, 5.41) is 10.3. The number of hydrogen-bond donors (Lipinski definition) is 3. The van der Waals surface area contributed by atoms with Gasteiger partial charge in [0.15, 0.2) is 0 Å². The minimum Gasteiger partial charge on any atom is -0.487 e. The van der Waals surface area contributed by atoms with E-state index in [1.807, 2.05) is 25.1 Å². The van der Waals surface area contributed by atoms with Crippen molar-refractivity contribution in [3.05, 3.63) is 24.4 Å². The number of ether oxygens (including phenoxy) is 1. The van der Waals surface area contributed by atoms with E-state index in [0.717, 1.165) is 0 Å². The lowest BCUT2D eigenvalue weighted by Gasteiger charge is -2.05. The Morgan fingerprint density at radius 1 is 1.56 bits per heavy atom. The van der Waals surface area contributed by atoms with Gasteiger partial charge in [-0.2, -0.15) is 0 Å². The fourth-order valence-corrected chi connectivity index (χ4v) is 0.931. The third kappa shape index (κ3) is 9.10. The van der Waals surface area contributed by atoms with Gasteiger partial charge in [0.1, 0.15) is 5.82 Å². The highest BCUT2D eigenvalue weighted by molar-refractivity contribution is 7.80. The molecule has 88 valence electrons. The fourth-order valence-electron chi connectivity index (χ4n) is 0.708. The zero-order valence-electron chi connectivity index (χ0n) is 8.71. The molecule has 0 bridgehead atoms. The van der Waals surface area contributed by atoms with Crippen LogP contribution < -0.4 is 11.1 Å². The molecule has 0 radical (unpaired) electrons. The normalized spacial score (nSPS) is 8.31. The number of pyridine rings is 1. The van der Waals surface area contributed by atoms with Crippen LogP contribution in [-0.2, 0) is 4.74 Å². The summed E-state index contributed by atoms with van der Waals surface area (Å²) < 4.78 is 5.03. The van der Waals surface area contributed by atoms with Gasteiger partial charge in [-0.1, -0.05) is 6.07 Å². The Kier molecular flexibility index (Phi) is 8.00. The third-order valence-electron chi connectivity index (χ3n) is 1.17. The number of aliphatic hydroxyl groups is 1. The predicted molar refractivity (Wildman–Crippen MR) is 71.5 cm³/mol. The van der Waals surface area contributed by atoms with Crippen LogP contribution in [0.25, 0.3) is 0 Å². The minimum atomic E-state index is -0.500. The van der Waals surface area contributed by atoms with Crippen molar-refractivity contribution in [2.45, 2.75) is 6.92 Å². The second-order valence-electron chi connectivity index (χ2n) is 2.40. The highest BCUT2D eigenvalue weighted by Crippen LogP contribution is 2.00. The Balaban J connectivity index is 0.000000487. The largest absolute Gasteiger partial charge is 0.487 e. The van der Waals surface area contributed by atoms with E-state index in [-0.39, 0.29) is 0 Å². The molecule has 0 aliphatic rings. The molecule has 0 saturated heterocycles. The number of hydrogen-bond acceptors (Lipinski definition) is 4. The summed E-state index contributed by atoms with van der Waals surface area (Å²) in [5.41, 5.74) is 4.40. The molecular formula is C9H13N3O2S2. The van der Waals surface area contributed by atoms with Crippen molar-refractivity contribution in [3.63, 3.8) is 0 Å². The van der Waals surface area contributed by atoms with Crippen LogP contribution in [0.5, 0.6) is 0 Å². The van der Waals surface area contributed by atoms with Crippen molar-refractivity contribution in [2.24, 2.45) is 5.73 Å². The van der Waals surface area contributed by atoms with Crippen molar-refractivity contribution in [3.8, 4) is 0 Å². The smallest absolute Gasteiger partial charge is 0.262 e. The van der Waals surface area contributed by atoms with Gasteiger partial charge in [0.05, 0.1) is 6.61 Å². The number of thiocarbonyl (C=S) groups is 2. The summed E-state index contributed by atoms with van der Waals surface area (Å²) in [4.78, 5) is 4.02. The van der Waals surface area contributed by atoms with Gasteiger partial charge in [-0.3, -0.25) is 0 Å². The first-order valence-electron chi connectivity index (χ1n) is 4.39. The molecule has 16 heavy (non-hydrogen) atoms. The Morgan fingerprint density at radius 2 is 2.19 bits per heavy atom. The van der Waals surface area contributed by atoms with E-state index >= 15 is 0 Å². The number of aliphatic hydroxyl groups excluding tert-OH is 1. The van der Waals surface area contributed by atoms with Gasteiger partial charge in [-0.05, 0) is 43.5 Å². The van der Waals surface area contributed by atoms with E-state index < -0.39 is 5.17 Å². The number of nitrogens with one attached hydrogen (secondary N) is 1. The van der Waals surface area contributed by atoms with Gasteiger partial charge < -0.3 is 20.9 Å². The molecule has 0 aliphatic carbocycles. The Labute approximate surface area is 105 Å². The van der Waals surface area contributed by atoms with E-state index in [0.29, 0.717) is 17.6 Å². The van der Waals surface area contributed by atoms with Crippen LogP contribution in [0.2, 0.25) is 0 Å². The quantitative estimate of drug-likeness (QED) is 0.696. The van der Waals surface area contributed by atoms with Gasteiger partial charge in [0.25, 0.3) is 10.3 Å². The van der Waals surface area contributed by atoms with Crippen molar-refractivity contribution >= 4 is 40.6 Å². The lowest BCUT2D eigenvalue weighted by Crippen LogP contribution is -2.13. The monoisotopic (exact) mass is 259 g/mol.